The first-order valence-electron chi connectivity index (χ1n) is 13.3. The first-order valence-corrected chi connectivity index (χ1v) is 13.3. The van der Waals surface area contributed by atoms with Crippen molar-refractivity contribution in [3.63, 3.8) is 0 Å². The summed E-state index contributed by atoms with van der Waals surface area (Å²) in [5, 5.41) is 24.4. The van der Waals surface area contributed by atoms with Crippen molar-refractivity contribution in [3.8, 4) is 6.07 Å². The van der Waals surface area contributed by atoms with Crippen LogP contribution in [0.25, 0.3) is 0 Å². The zero-order chi connectivity index (χ0) is 25.5. The highest BCUT2D eigenvalue weighted by molar-refractivity contribution is 5.77. The SMILES string of the molecule is CNC(=O)N1CCc2c(c(N3CCCc4cc(C5C=NN(C)C5)c(C#N)cc43)nn2C2CCOCC2)C1. The molecule has 1 aromatic carbocycles. The molecule has 1 saturated heterocycles. The lowest BCUT2D eigenvalue weighted by Gasteiger charge is -2.33. The van der Waals surface area contributed by atoms with E-state index in [0.29, 0.717) is 24.7 Å². The molecule has 6 rings (SSSR count). The Bertz CT molecular complexity index is 1270. The van der Waals surface area contributed by atoms with Crippen molar-refractivity contribution in [1.82, 2.24) is 25.0 Å². The van der Waals surface area contributed by atoms with Crippen LogP contribution in [0.4, 0.5) is 16.3 Å². The fourth-order valence-electron chi connectivity index (χ4n) is 6.24. The first kappa shape index (κ1) is 23.8. The number of anilines is 2. The number of fused-ring (bicyclic) bond motifs is 2. The Morgan fingerprint density at radius 2 is 2.05 bits per heavy atom. The summed E-state index contributed by atoms with van der Waals surface area (Å²) in [6.07, 6.45) is 6.60. The van der Waals surface area contributed by atoms with Crippen LogP contribution in [-0.2, 0) is 24.1 Å². The summed E-state index contributed by atoms with van der Waals surface area (Å²) in [7, 11) is 3.64. The van der Waals surface area contributed by atoms with Crippen molar-refractivity contribution in [1.29, 1.82) is 5.26 Å². The number of rotatable bonds is 3. The number of aromatic nitrogens is 2. The molecule has 1 unspecified atom stereocenters. The molecular weight excluding hydrogens is 468 g/mol. The van der Waals surface area contributed by atoms with Gasteiger partial charge in [-0.05, 0) is 42.9 Å². The molecule has 1 fully saturated rings. The van der Waals surface area contributed by atoms with Crippen molar-refractivity contribution < 1.29 is 9.53 Å². The van der Waals surface area contributed by atoms with E-state index in [1.807, 2.05) is 23.2 Å². The average molecular weight is 503 g/mol. The number of aryl methyl sites for hydroxylation is 1. The summed E-state index contributed by atoms with van der Waals surface area (Å²) >= 11 is 0. The highest BCUT2D eigenvalue weighted by Gasteiger charge is 2.34. The van der Waals surface area contributed by atoms with E-state index in [2.05, 4.69) is 38.2 Å². The lowest BCUT2D eigenvalue weighted by molar-refractivity contribution is 0.0651. The van der Waals surface area contributed by atoms with Gasteiger partial charge in [-0.15, -0.1) is 0 Å². The quantitative estimate of drug-likeness (QED) is 0.693. The van der Waals surface area contributed by atoms with E-state index in [-0.39, 0.29) is 11.9 Å². The van der Waals surface area contributed by atoms with Crippen LogP contribution in [0.1, 0.15) is 59.2 Å². The van der Waals surface area contributed by atoms with Crippen molar-refractivity contribution in [3.05, 3.63) is 40.1 Å². The molecule has 37 heavy (non-hydrogen) atoms. The molecule has 1 N–H and O–H groups in total. The van der Waals surface area contributed by atoms with E-state index >= 15 is 0 Å². The molecule has 1 atom stereocenters. The van der Waals surface area contributed by atoms with Gasteiger partial charge in [0.1, 0.15) is 0 Å². The second-order valence-electron chi connectivity index (χ2n) is 10.4. The van der Waals surface area contributed by atoms with Gasteiger partial charge >= 0.3 is 6.03 Å². The van der Waals surface area contributed by atoms with Crippen LogP contribution in [0.2, 0.25) is 0 Å². The summed E-state index contributed by atoms with van der Waals surface area (Å²) < 4.78 is 7.86. The Labute approximate surface area is 217 Å². The van der Waals surface area contributed by atoms with Gasteiger partial charge in [0.25, 0.3) is 0 Å². The molecular formula is C27H34N8O2. The molecule has 2 aromatic rings. The highest BCUT2D eigenvalue weighted by Crippen LogP contribution is 2.41. The van der Waals surface area contributed by atoms with E-state index in [0.717, 1.165) is 81.0 Å². The standard InChI is InChI=1S/C27H34N8O2/c1-29-27(36)33-9-5-24-23(17-33)26(31-35(24)21-6-10-37-11-7-21)34-8-3-4-18-12-22(19(14-28)13-25(18)34)20-15-30-32(2)16-20/h12-13,15,20-21H,3-11,16-17H2,1-2H3,(H,29,36). The highest BCUT2D eigenvalue weighted by atomic mass is 16.5. The predicted molar refractivity (Wildman–Crippen MR) is 140 cm³/mol. The van der Waals surface area contributed by atoms with E-state index in [9.17, 15) is 10.1 Å². The predicted octanol–water partition coefficient (Wildman–Crippen LogP) is 2.90. The van der Waals surface area contributed by atoms with Gasteiger partial charge in [-0.1, -0.05) is 6.07 Å². The first-order chi connectivity index (χ1) is 18.1. The summed E-state index contributed by atoms with van der Waals surface area (Å²) in [6, 6.07) is 6.97. The number of carbonyl (C=O) groups excluding carboxylic acids is 1. The minimum absolute atomic E-state index is 0.0611. The zero-order valence-electron chi connectivity index (χ0n) is 21.6. The minimum Gasteiger partial charge on any atom is -0.381 e. The van der Waals surface area contributed by atoms with Crippen LogP contribution in [0.5, 0.6) is 0 Å². The minimum atomic E-state index is -0.0611. The fourth-order valence-corrected chi connectivity index (χ4v) is 6.24. The van der Waals surface area contributed by atoms with Gasteiger partial charge in [-0.2, -0.15) is 15.5 Å². The van der Waals surface area contributed by atoms with E-state index in [1.54, 1.807) is 7.05 Å². The molecule has 0 saturated carbocycles. The number of nitrogens with one attached hydrogen (secondary N) is 1. The number of hydrogen-bond acceptors (Lipinski definition) is 7. The van der Waals surface area contributed by atoms with Gasteiger partial charge in [0, 0.05) is 82.4 Å². The van der Waals surface area contributed by atoms with Crippen LogP contribution in [0.15, 0.2) is 17.2 Å². The van der Waals surface area contributed by atoms with Gasteiger partial charge in [0.05, 0.1) is 24.2 Å². The third-order valence-corrected chi connectivity index (χ3v) is 8.15. The molecule has 10 heteroatoms. The van der Waals surface area contributed by atoms with Crippen LogP contribution < -0.4 is 10.2 Å². The maximum absolute atomic E-state index is 12.5. The Balaban J connectivity index is 1.43. The summed E-state index contributed by atoms with van der Waals surface area (Å²) in [6.45, 7) is 4.33. The number of hydrogen-bond donors (Lipinski definition) is 1. The number of ether oxygens (including phenoxy) is 1. The van der Waals surface area contributed by atoms with Gasteiger partial charge < -0.3 is 19.9 Å². The van der Waals surface area contributed by atoms with Crippen LogP contribution >= 0.6 is 0 Å². The second-order valence-corrected chi connectivity index (χ2v) is 10.4. The molecule has 4 aliphatic rings. The van der Waals surface area contributed by atoms with Crippen molar-refractivity contribution >= 4 is 23.8 Å². The Morgan fingerprint density at radius 1 is 1.22 bits per heavy atom. The molecule has 4 aliphatic heterocycles. The van der Waals surface area contributed by atoms with E-state index in [4.69, 9.17) is 9.84 Å². The number of benzene rings is 1. The Morgan fingerprint density at radius 3 is 2.78 bits per heavy atom. The number of urea groups is 1. The maximum atomic E-state index is 12.5. The van der Waals surface area contributed by atoms with Crippen molar-refractivity contribution in [2.75, 3.05) is 51.8 Å². The molecule has 0 spiro atoms. The molecule has 0 aliphatic carbocycles. The van der Waals surface area contributed by atoms with Crippen LogP contribution in [-0.4, -0.2) is 78.9 Å². The van der Waals surface area contributed by atoms with Gasteiger partial charge in [-0.25, -0.2) is 4.79 Å². The summed E-state index contributed by atoms with van der Waals surface area (Å²) in [5.41, 5.74) is 6.42. The van der Waals surface area contributed by atoms with E-state index in [1.165, 1.54) is 11.3 Å². The number of carbonyl (C=O) groups is 1. The third kappa shape index (κ3) is 4.21. The number of likely N-dealkylation sites (N-methyl/N-ethyl adjacent to an activating group) is 1. The normalized spacial score (nSPS) is 21.5. The largest absolute Gasteiger partial charge is 0.381 e. The topological polar surface area (TPSA) is 102 Å². The zero-order valence-corrected chi connectivity index (χ0v) is 21.6. The van der Waals surface area contributed by atoms with Gasteiger partial charge in [-0.3, -0.25) is 9.69 Å². The third-order valence-electron chi connectivity index (χ3n) is 8.15. The summed E-state index contributed by atoms with van der Waals surface area (Å²) in [5.74, 6) is 1.05. The molecule has 10 nitrogen and oxygen atoms in total. The molecule has 0 radical (unpaired) electrons. The summed E-state index contributed by atoms with van der Waals surface area (Å²) in [4.78, 5) is 16.7. The second kappa shape index (κ2) is 9.71. The Hall–Kier alpha value is -3.58. The molecule has 5 heterocycles. The average Bonchev–Trinajstić information content (AvgIpc) is 3.55. The lowest BCUT2D eigenvalue weighted by atomic mass is 9.89. The number of hydrazone groups is 1. The smallest absolute Gasteiger partial charge is 0.317 e. The monoisotopic (exact) mass is 502 g/mol. The lowest BCUT2D eigenvalue weighted by Crippen LogP contribution is -2.42. The van der Waals surface area contributed by atoms with Gasteiger partial charge in [0.2, 0.25) is 0 Å². The molecule has 194 valence electrons. The number of amides is 2. The van der Waals surface area contributed by atoms with Crippen molar-refractivity contribution in [2.24, 2.45) is 5.10 Å². The fraction of sp³-hybridized carbons (Fsp3) is 0.556. The van der Waals surface area contributed by atoms with Crippen LogP contribution in [0.3, 0.4) is 0 Å². The van der Waals surface area contributed by atoms with Gasteiger partial charge in [0.15, 0.2) is 5.82 Å². The van der Waals surface area contributed by atoms with E-state index < -0.39 is 0 Å². The number of nitriles is 1. The van der Waals surface area contributed by atoms with Crippen LogP contribution in [0, 0.1) is 11.3 Å². The molecule has 2 amide bonds. The Kier molecular flexibility index (Phi) is 6.24. The number of nitrogens with zero attached hydrogens (tertiary/aromatic N) is 7. The van der Waals surface area contributed by atoms with Crippen molar-refractivity contribution in [2.45, 2.75) is 50.6 Å². The molecule has 1 aromatic heterocycles. The maximum Gasteiger partial charge on any atom is 0.317 e. The molecule has 0 bridgehead atoms.